The van der Waals surface area contributed by atoms with Gasteiger partial charge in [-0.3, -0.25) is 4.98 Å². The van der Waals surface area contributed by atoms with E-state index in [0.29, 0.717) is 12.3 Å². The topological polar surface area (TPSA) is 36.7 Å². The Morgan fingerprint density at radius 2 is 1.86 bits per heavy atom. The number of benzene rings is 1. The van der Waals surface area contributed by atoms with Crippen molar-refractivity contribution in [2.24, 2.45) is 0 Å². The summed E-state index contributed by atoms with van der Waals surface area (Å²) in [6.45, 7) is 0. The number of aromatic nitrogens is 1. The third-order valence-electron chi connectivity index (χ3n) is 2.75. The van der Waals surface area contributed by atoms with Crippen molar-refractivity contribution in [3.63, 3.8) is 0 Å². The van der Waals surface area contributed by atoms with Crippen molar-refractivity contribution in [3.05, 3.63) is 65.0 Å². The summed E-state index contributed by atoms with van der Waals surface area (Å²) in [6, 6.07) is 6.27. The number of rotatable bonds is 2. The largest absolute Gasteiger partial charge is 0.417 e. The van der Waals surface area contributed by atoms with E-state index in [4.69, 9.17) is 5.26 Å². The summed E-state index contributed by atoms with van der Waals surface area (Å²) in [5, 5.41) is 9.04. The van der Waals surface area contributed by atoms with Crippen LogP contribution in [0.25, 0.3) is 11.6 Å². The second-order valence-electron chi connectivity index (χ2n) is 4.27. The van der Waals surface area contributed by atoms with Crippen molar-refractivity contribution in [3.8, 4) is 6.07 Å². The highest BCUT2D eigenvalue weighted by Crippen LogP contribution is 2.29. The van der Waals surface area contributed by atoms with Gasteiger partial charge in [-0.1, -0.05) is 0 Å². The SMILES string of the molecule is N#C/C(=C\c1ccc(F)cc1F)c1ccc(C(F)(F)F)cn1. The number of pyridine rings is 1. The summed E-state index contributed by atoms with van der Waals surface area (Å²) >= 11 is 0. The number of nitrogens with zero attached hydrogens (tertiary/aromatic N) is 2. The first-order valence-electron chi connectivity index (χ1n) is 5.92. The van der Waals surface area contributed by atoms with Crippen molar-refractivity contribution in [2.45, 2.75) is 6.18 Å². The third-order valence-corrected chi connectivity index (χ3v) is 2.75. The van der Waals surface area contributed by atoms with Crippen LogP contribution in [-0.4, -0.2) is 4.98 Å². The second kappa shape index (κ2) is 5.93. The Balaban J connectivity index is 2.40. The zero-order valence-electron chi connectivity index (χ0n) is 10.8. The maximum atomic E-state index is 13.5. The van der Waals surface area contributed by atoms with E-state index in [1.54, 1.807) is 6.07 Å². The van der Waals surface area contributed by atoms with E-state index in [1.807, 2.05) is 0 Å². The monoisotopic (exact) mass is 310 g/mol. The van der Waals surface area contributed by atoms with E-state index >= 15 is 0 Å². The van der Waals surface area contributed by atoms with Gasteiger partial charge in [0, 0.05) is 17.8 Å². The number of hydrogen-bond donors (Lipinski definition) is 0. The van der Waals surface area contributed by atoms with Gasteiger partial charge in [-0.25, -0.2) is 8.78 Å². The molecule has 0 saturated heterocycles. The Bertz CT molecular complexity index is 755. The van der Waals surface area contributed by atoms with Crippen LogP contribution in [0.2, 0.25) is 0 Å². The Morgan fingerprint density at radius 3 is 2.36 bits per heavy atom. The molecule has 0 radical (unpaired) electrons. The van der Waals surface area contributed by atoms with Crippen LogP contribution in [0.15, 0.2) is 36.5 Å². The molecule has 2 rings (SSSR count). The minimum atomic E-state index is -4.54. The first kappa shape index (κ1) is 15.6. The molecule has 22 heavy (non-hydrogen) atoms. The van der Waals surface area contributed by atoms with E-state index in [2.05, 4.69) is 4.98 Å². The smallest absolute Gasteiger partial charge is 0.255 e. The van der Waals surface area contributed by atoms with Crippen molar-refractivity contribution in [2.75, 3.05) is 0 Å². The lowest BCUT2D eigenvalue weighted by Crippen LogP contribution is -2.05. The maximum absolute atomic E-state index is 13.5. The highest BCUT2D eigenvalue weighted by atomic mass is 19.4. The standard InChI is InChI=1S/C15H7F5N2/c16-12-3-1-9(13(17)6-12)5-10(7-21)14-4-2-11(8-22-14)15(18,19)20/h1-6,8H/b10-5+. The predicted molar refractivity (Wildman–Crippen MR) is 69.1 cm³/mol. The lowest BCUT2D eigenvalue weighted by molar-refractivity contribution is -0.137. The fourth-order valence-corrected chi connectivity index (χ4v) is 1.66. The van der Waals surface area contributed by atoms with E-state index < -0.39 is 23.4 Å². The molecule has 0 saturated carbocycles. The Morgan fingerprint density at radius 1 is 1.14 bits per heavy atom. The highest BCUT2D eigenvalue weighted by molar-refractivity contribution is 5.88. The number of hydrogen-bond acceptors (Lipinski definition) is 2. The molecule has 1 aromatic heterocycles. The molecule has 2 aromatic rings. The summed E-state index contributed by atoms with van der Waals surface area (Å²) in [6.07, 6.45) is -2.86. The number of alkyl halides is 3. The van der Waals surface area contributed by atoms with E-state index in [9.17, 15) is 22.0 Å². The molecule has 0 atom stereocenters. The van der Waals surface area contributed by atoms with Crippen LogP contribution in [0.3, 0.4) is 0 Å². The van der Waals surface area contributed by atoms with Gasteiger partial charge in [0.2, 0.25) is 0 Å². The Labute approximate surface area is 122 Å². The fraction of sp³-hybridized carbons (Fsp3) is 0.0667. The van der Waals surface area contributed by atoms with Crippen molar-refractivity contribution < 1.29 is 22.0 Å². The van der Waals surface area contributed by atoms with Crippen LogP contribution in [0.5, 0.6) is 0 Å². The molecule has 0 N–H and O–H groups in total. The normalized spacial score (nSPS) is 12.1. The fourth-order valence-electron chi connectivity index (χ4n) is 1.66. The summed E-state index contributed by atoms with van der Waals surface area (Å²) in [4.78, 5) is 3.55. The van der Waals surface area contributed by atoms with Crippen molar-refractivity contribution >= 4 is 11.6 Å². The van der Waals surface area contributed by atoms with Gasteiger partial charge in [0.15, 0.2) is 0 Å². The third kappa shape index (κ3) is 3.47. The minimum absolute atomic E-state index is 0.0424. The Kier molecular flexibility index (Phi) is 4.22. The van der Waals surface area contributed by atoms with E-state index in [-0.39, 0.29) is 16.8 Å². The van der Waals surface area contributed by atoms with Gasteiger partial charge >= 0.3 is 6.18 Å². The molecule has 0 aliphatic rings. The van der Waals surface area contributed by atoms with Crippen LogP contribution < -0.4 is 0 Å². The average Bonchev–Trinajstić information content (AvgIpc) is 2.46. The van der Waals surface area contributed by atoms with Gasteiger partial charge < -0.3 is 0 Å². The van der Waals surface area contributed by atoms with Crippen LogP contribution >= 0.6 is 0 Å². The summed E-state index contributed by atoms with van der Waals surface area (Å²) in [5.41, 5.74) is -1.21. The van der Waals surface area contributed by atoms with Crippen molar-refractivity contribution in [1.29, 1.82) is 5.26 Å². The van der Waals surface area contributed by atoms with Crippen LogP contribution in [0.4, 0.5) is 22.0 Å². The van der Waals surface area contributed by atoms with Crippen LogP contribution in [-0.2, 0) is 6.18 Å². The second-order valence-corrected chi connectivity index (χ2v) is 4.27. The van der Waals surface area contributed by atoms with Gasteiger partial charge in [-0.2, -0.15) is 18.4 Å². The van der Waals surface area contributed by atoms with Crippen LogP contribution in [0, 0.1) is 23.0 Å². The molecule has 0 aliphatic carbocycles. The molecule has 0 unspecified atom stereocenters. The zero-order valence-corrected chi connectivity index (χ0v) is 10.8. The molecule has 0 fully saturated rings. The van der Waals surface area contributed by atoms with E-state index in [1.165, 1.54) is 0 Å². The molecule has 112 valence electrons. The van der Waals surface area contributed by atoms with Gasteiger partial charge in [0.25, 0.3) is 0 Å². The molecule has 0 bridgehead atoms. The van der Waals surface area contributed by atoms with Gasteiger partial charge in [-0.05, 0) is 30.3 Å². The molecule has 0 aliphatic heterocycles. The molecule has 1 heterocycles. The quantitative estimate of drug-likeness (QED) is 0.607. The molecule has 2 nitrogen and oxygen atoms in total. The molecule has 0 spiro atoms. The lowest BCUT2D eigenvalue weighted by Gasteiger charge is -2.06. The lowest BCUT2D eigenvalue weighted by atomic mass is 10.1. The maximum Gasteiger partial charge on any atom is 0.417 e. The molecule has 7 heteroatoms. The van der Waals surface area contributed by atoms with Gasteiger partial charge in [-0.15, -0.1) is 0 Å². The highest BCUT2D eigenvalue weighted by Gasteiger charge is 2.30. The summed E-state index contributed by atoms with van der Waals surface area (Å²) < 4.78 is 63.6. The zero-order chi connectivity index (χ0) is 16.3. The van der Waals surface area contributed by atoms with Crippen molar-refractivity contribution in [1.82, 2.24) is 4.98 Å². The minimum Gasteiger partial charge on any atom is -0.255 e. The summed E-state index contributed by atoms with van der Waals surface area (Å²) in [7, 11) is 0. The first-order chi connectivity index (χ1) is 10.3. The average molecular weight is 310 g/mol. The Hall–Kier alpha value is -2.75. The molecular formula is C15H7F5N2. The molecule has 0 amide bonds. The predicted octanol–water partition coefficient (Wildman–Crippen LogP) is 4.44. The van der Waals surface area contributed by atoms with Crippen LogP contribution in [0.1, 0.15) is 16.8 Å². The van der Waals surface area contributed by atoms with Gasteiger partial charge in [0.1, 0.15) is 17.7 Å². The number of nitriles is 1. The van der Waals surface area contributed by atoms with Gasteiger partial charge in [0.05, 0.1) is 16.8 Å². The first-order valence-corrected chi connectivity index (χ1v) is 5.92. The molecular weight excluding hydrogens is 303 g/mol. The number of allylic oxidation sites excluding steroid dienone is 1. The van der Waals surface area contributed by atoms with E-state index in [0.717, 1.165) is 30.3 Å². The molecule has 1 aromatic carbocycles. The number of halogens is 5. The summed E-state index contributed by atoms with van der Waals surface area (Å²) in [5.74, 6) is -1.67.